The molecule has 5 nitrogen and oxygen atoms in total. The lowest BCUT2D eigenvalue weighted by Crippen LogP contribution is -2.13. The van der Waals surface area contributed by atoms with Crippen molar-refractivity contribution in [3.63, 3.8) is 0 Å². The summed E-state index contributed by atoms with van der Waals surface area (Å²) >= 11 is 6.03. The van der Waals surface area contributed by atoms with Gasteiger partial charge in [0, 0.05) is 5.69 Å². The van der Waals surface area contributed by atoms with E-state index in [0.717, 1.165) is 11.3 Å². The molecule has 0 aliphatic carbocycles. The zero-order chi connectivity index (χ0) is 18.2. The summed E-state index contributed by atoms with van der Waals surface area (Å²) in [5, 5.41) is 12.3. The van der Waals surface area contributed by atoms with E-state index in [4.69, 9.17) is 21.1 Å². The second-order valence-corrected chi connectivity index (χ2v) is 5.38. The van der Waals surface area contributed by atoms with Crippen LogP contribution in [0.5, 0.6) is 11.5 Å². The van der Waals surface area contributed by atoms with Gasteiger partial charge < -0.3 is 14.8 Å². The highest BCUT2D eigenvalue weighted by molar-refractivity contribution is 6.32. The summed E-state index contributed by atoms with van der Waals surface area (Å²) in [6.07, 6.45) is 1.51. The molecular formula is C19H17ClN2O3. The Kier molecular flexibility index (Phi) is 6.44. The first-order valence-corrected chi connectivity index (χ1v) is 7.94. The predicted octanol–water partition coefficient (Wildman–Crippen LogP) is 4.29. The lowest BCUT2D eigenvalue weighted by atomic mass is 10.1. The van der Waals surface area contributed by atoms with Gasteiger partial charge in [0.15, 0.2) is 0 Å². The third kappa shape index (κ3) is 5.00. The molecule has 0 fully saturated rings. The van der Waals surface area contributed by atoms with Crippen LogP contribution < -0.4 is 14.8 Å². The van der Waals surface area contributed by atoms with Crippen LogP contribution in [0.2, 0.25) is 5.02 Å². The van der Waals surface area contributed by atoms with Crippen molar-refractivity contribution in [2.24, 2.45) is 0 Å². The van der Waals surface area contributed by atoms with Gasteiger partial charge >= 0.3 is 0 Å². The molecule has 2 aromatic rings. The molecule has 0 radical (unpaired) electrons. The molecule has 0 bridgehead atoms. The maximum Gasteiger partial charge on any atom is 0.266 e. The van der Waals surface area contributed by atoms with Gasteiger partial charge in [-0.05, 0) is 48.9 Å². The van der Waals surface area contributed by atoms with Crippen molar-refractivity contribution in [3.8, 4) is 17.6 Å². The fraction of sp³-hybridized carbons (Fsp3) is 0.158. The SMILES string of the molecule is CCOc1ccc(/C=C(\C#N)C(=O)Nc2ccc(OC)c(Cl)c2)cc1. The molecular weight excluding hydrogens is 340 g/mol. The first kappa shape index (κ1) is 18.4. The second-order valence-electron chi connectivity index (χ2n) is 4.98. The topological polar surface area (TPSA) is 71.3 Å². The molecule has 0 saturated heterocycles. The van der Waals surface area contributed by atoms with Gasteiger partial charge in [0.1, 0.15) is 23.1 Å². The minimum absolute atomic E-state index is 0.0175. The number of methoxy groups -OCH3 is 1. The van der Waals surface area contributed by atoms with Crippen LogP contribution in [-0.4, -0.2) is 19.6 Å². The number of rotatable bonds is 6. The van der Waals surface area contributed by atoms with Crippen LogP contribution in [0.1, 0.15) is 12.5 Å². The van der Waals surface area contributed by atoms with E-state index in [1.54, 1.807) is 42.5 Å². The number of nitriles is 1. The number of halogens is 1. The number of carbonyl (C=O) groups excluding carboxylic acids is 1. The summed E-state index contributed by atoms with van der Waals surface area (Å²) in [6, 6.07) is 13.9. The highest BCUT2D eigenvalue weighted by atomic mass is 35.5. The summed E-state index contributed by atoms with van der Waals surface area (Å²) in [5.74, 6) is 0.721. The Hall–Kier alpha value is -2.97. The van der Waals surface area contributed by atoms with Crippen LogP contribution in [0.15, 0.2) is 48.0 Å². The van der Waals surface area contributed by atoms with E-state index < -0.39 is 5.91 Å². The number of hydrogen-bond donors (Lipinski definition) is 1. The van der Waals surface area contributed by atoms with Crippen molar-refractivity contribution in [2.75, 3.05) is 19.0 Å². The van der Waals surface area contributed by atoms with Crippen molar-refractivity contribution in [3.05, 3.63) is 58.6 Å². The van der Waals surface area contributed by atoms with Crippen LogP contribution in [0.25, 0.3) is 6.08 Å². The van der Waals surface area contributed by atoms with Crippen LogP contribution in [0, 0.1) is 11.3 Å². The Morgan fingerprint density at radius 2 is 2.00 bits per heavy atom. The van der Waals surface area contributed by atoms with E-state index in [2.05, 4.69) is 5.32 Å². The number of ether oxygens (including phenoxy) is 2. The van der Waals surface area contributed by atoms with Gasteiger partial charge in [0.05, 0.1) is 18.7 Å². The molecule has 0 saturated carbocycles. The van der Waals surface area contributed by atoms with E-state index in [-0.39, 0.29) is 5.57 Å². The Labute approximate surface area is 151 Å². The van der Waals surface area contributed by atoms with E-state index in [0.29, 0.717) is 23.1 Å². The molecule has 0 aliphatic rings. The third-order valence-corrected chi connectivity index (χ3v) is 3.57. The summed E-state index contributed by atoms with van der Waals surface area (Å²) in [5.41, 5.74) is 1.18. The molecule has 0 unspecified atom stereocenters. The smallest absolute Gasteiger partial charge is 0.266 e. The molecule has 0 spiro atoms. The zero-order valence-corrected chi connectivity index (χ0v) is 14.6. The largest absolute Gasteiger partial charge is 0.495 e. The first-order valence-electron chi connectivity index (χ1n) is 7.57. The van der Waals surface area contributed by atoms with E-state index in [9.17, 15) is 10.1 Å². The molecule has 1 amide bonds. The maximum absolute atomic E-state index is 12.3. The molecule has 2 aromatic carbocycles. The standard InChI is InChI=1S/C19H17ClN2O3/c1-3-25-16-7-4-13(5-8-16)10-14(12-21)19(23)22-15-6-9-18(24-2)17(20)11-15/h4-11H,3H2,1-2H3,(H,22,23)/b14-10+. The Morgan fingerprint density at radius 3 is 2.56 bits per heavy atom. The number of nitrogens with one attached hydrogen (secondary N) is 1. The van der Waals surface area contributed by atoms with Crippen LogP contribution in [0.4, 0.5) is 5.69 Å². The quantitative estimate of drug-likeness (QED) is 0.619. The lowest BCUT2D eigenvalue weighted by Gasteiger charge is -2.08. The van der Waals surface area contributed by atoms with Gasteiger partial charge in [-0.1, -0.05) is 23.7 Å². The molecule has 0 atom stereocenters. The normalized spacial score (nSPS) is 10.7. The summed E-state index contributed by atoms with van der Waals surface area (Å²) in [4.78, 5) is 12.3. The summed E-state index contributed by atoms with van der Waals surface area (Å²) in [6.45, 7) is 2.48. The molecule has 0 aromatic heterocycles. The number of amides is 1. The van der Waals surface area contributed by atoms with Gasteiger partial charge in [0.2, 0.25) is 0 Å². The van der Waals surface area contributed by atoms with Crippen molar-refractivity contribution in [1.29, 1.82) is 5.26 Å². The molecule has 0 heterocycles. The van der Waals surface area contributed by atoms with Crippen LogP contribution in [0.3, 0.4) is 0 Å². The van der Waals surface area contributed by atoms with Gasteiger partial charge in [-0.3, -0.25) is 4.79 Å². The molecule has 2 rings (SSSR count). The highest BCUT2D eigenvalue weighted by Gasteiger charge is 2.11. The minimum atomic E-state index is -0.516. The van der Waals surface area contributed by atoms with Crippen molar-refractivity contribution in [1.82, 2.24) is 0 Å². The molecule has 6 heteroatoms. The number of benzene rings is 2. The highest BCUT2D eigenvalue weighted by Crippen LogP contribution is 2.27. The summed E-state index contributed by atoms with van der Waals surface area (Å²) in [7, 11) is 1.51. The van der Waals surface area contributed by atoms with Crippen molar-refractivity contribution in [2.45, 2.75) is 6.92 Å². The predicted molar refractivity (Wildman–Crippen MR) is 97.8 cm³/mol. The maximum atomic E-state index is 12.3. The lowest BCUT2D eigenvalue weighted by molar-refractivity contribution is -0.112. The fourth-order valence-electron chi connectivity index (χ4n) is 2.08. The van der Waals surface area contributed by atoms with E-state index >= 15 is 0 Å². The van der Waals surface area contributed by atoms with Gasteiger partial charge in [-0.25, -0.2) is 0 Å². The average Bonchev–Trinajstić information content (AvgIpc) is 2.61. The third-order valence-electron chi connectivity index (χ3n) is 3.28. The average molecular weight is 357 g/mol. The fourth-order valence-corrected chi connectivity index (χ4v) is 2.34. The zero-order valence-electron chi connectivity index (χ0n) is 13.9. The molecule has 25 heavy (non-hydrogen) atoms. The Bertz CT molecular complexity index is 824. The molecule has 128 valence electrons. The number of anilines is 1. The second kappa shape index (κ2) is 8.76. The van der Waals surface area contributed by atoms with Crippen molar-refractivity contribution >= 4 is 29.3 Å². The Morgan fingerprint density at radius 1 is 1.28 bits per heavy atom. The van der Waals surface area contributed by atoms with E-state index in [1.165, 1.54) is 13.2 Å². The first-order chi connectivity index (χ1) is 12.1. The van der Waals surface area contributed by atoms with E-state index in [1.807, 2.05) is 13.0 Å². The minimum Gasteiger partial charge on any atom is -0.495 e. The Balaban J connectivity index is 2.15. The van der Waals surface area contributed by atoms with Gasteiger partial charge in [-0.15, -0.1) is 0 Å². The number of hydrogen-bond acceptors (Lipinski definition) is 4. The monoisotopic (exact) mass is 356 g/mol. The molecule has 0 aliphatic heterocycles. The summed E-state index contributed by atoms with van der Waals surface area (Å²) < 4.78 is 10.4. The number of carbonyl (C=O) groups is 1. The van der Waals surface area contributed by atoms with Gasteiger partial charge in [-0.2, -0.15) is 5.26 Å². The molecule has 1 N–H and O–H groups in total. The van der Waals surface area contributed by atoms with Crippen LogP contribution >= 0.6 is 11.6 Å². The van der Waals surface area contributed by atoms with Gasteiger partial charge in [0.25, 0.3) is 5.91 Å². The number of nitrogens with zero attached hydrogens (tertiary/aromatic N) is 1. The van der Waals surface area contributed by atoms with Crippen LogP contribution in [-0.2, 0) is 4.79 Å². The van der Waals surface area contributed by atoms with Crippen molar-refractivity contribution < 1.29 is 14.3 Å².